The van der Waals surface area contributed by atoms with E-state index >= 15 is 0 Å². The van der Waals surface area contributed by atoms with E-state index in [1.807, 2.05) is 0 Å². The van der Waals surface area contributed by atoms with E-state index in [1.165, 1.54) is 6.20 Å². The van der Waals surface area contributed by atoms with Gasteiger partial charge in [-0.3, -0.25) is 0 Å². The largest absolute Gasteiger partial charge is 0.303 e. The molecule has 0 unspecified atom stereocenters. The first-order chi connectivity index (χ1) is 4.25. The van der Waals surface area contributed by atoms with Crippen LogP contribution in [0.3, 0.4) is 0 Å². The van der Waals surface area contributed by atoms with Crippen molar-refractivity contribution >= 4 is 24.3 Å². The number of nitrogens with zero attached hydrogens (tertiary/aromatic N) is 3. The number of hydrogen-bond acceptors (Lipinski definition) is 2. The smallest absolute Gasteiger partial charge is 0.229 e. The Kier molecular flexibility index (Phi) is 1.53. The molecule has 0 saturated carbocycles. The molecule has 0 radical (unpaired) electrons. The lowest BCUT2D eigenvalue weighted by Gasteiger charge is -1.92. The van der Waals surface area contributed by atoms with Crippen molar-refractivity contribution in [2.24, 2.45) is 12.0 Å². The van der Waals surface area contributed by atoms with E-state index < -0.39 is 0 Å². The van der Waals surface area contributed by atoms with Crippen molar-refractivity contribution in [2.45, 2.75) is 0 Å². The van der Waals surface area contributed by atoms with Gasteiger partial charge in [-0.15, -0.1) is 0 Å². The summed E-state index contributed by atoms with van der Waals surface area (Å²) in [7, 11) is 1.78. The van der Waals surface area contributed by atoms with Crippen molar-refractivity contribution in [1.29, 1.82) is 0 Å². The van der Waals surface area contributed by atoms with E-state index in [0.29, 0.717) is 11.1 Å². The van der Waals surface area contributed by atoms with Crippen molar-refractivity contribution in [3.05, 3.63) is 11.3 Å². The highest BCUT2D eigenvalue weighted by atomic mass is 35.5. The van der Waals surface area contributed by atoms with Gasteiger partial charge in [0.25, 0.3) is 0 Å². The third-order valence-electron chi connectivity index (χ3n) is 1.05. The first-order valence-electron chi connectivity index (χ1n) is 2.39. The molecule has 0 atom stereocenters. The summed E-state index contributed by atoms with van der Waals surface area (Å²) >= 11 is 5.62. The van der Waals surface area contributed by atoms with Gasteiger partial charge in [0, 0.05) is 7.05 Å². The van der Waals surface area contributed by atoms with Crippen LogP contribution in [0.15, 0.2) is 11.2 Å². The molecule has 1 aromatic rings. The lowest BCUT2D eigenvalue weighted by atomic mass is 10.9. The minimum Gasteiger partial charge on any atom is -0.303 e. The number of hydrogen-bond donors (Lipinski definition) is 0. The van der Waals surface area contributed by atoms with Crippen LogP contribution >= 0.6 is 11.6 Å². The third-order valence-corrected chi connectivity index (χ3v) is 1.40. The Bertz CT molecular complexity index is 228. The average Bonchev–Trinajstić information content (AvgIpc) is 2.15. The number of aromatic nitrogens is 2. The van der Waals surface area contributed by atoms with Crippen LogP contribution in [0.1, 0.15) is 0 Å². The van der Waals surface area contributed by atoms with Crippen molar-refractivity contribution < 1.29 is 0 Å². The molecule has 0 aliphatic heterocycles. The molecule has 4 heteroatoms. The molecule has 0 fully saturated rings. The fraction of sp³-hybridized carbons (Fsp3) is 0.200. The Balaban J connectivity index is 3.18. The predicted molar refractivity (Wildman–Crippen MR) is 37.4 cm³/mol. The van der Waals surface area contributed by atoms with Crippen molar-refractivity contribution in [1.82, 2.24) is 9.55 Å². The zero-order valence-corrected chi connectivity index (χ0v) is 5.76. The first-order valence-corrected chi connectivity index (χ1v) is 2.77. The molecule has 0 aromatic carbocycles. The average molecular weight is 144 g/mol. The van der Waals surface area contributed by atoms with Gasteiger partial charge in [-0.1, -0.05) is 11.6 Å². The predicted octanol–water partition coefficient (Wildman–Crippen LogP) is 1.41. The van der Waals surface area contributed by atoms with E-state index in [2.05, 4.69) is 16.7 Å². The Morgan fingerprint density at radius 2 is 2.56 bits per heavy atom. The summed E-state index contributed by atoms with van der Waals surface area (Å²) in [5, 5.41) is 0.567. The van der Waals surface area contributed by atoms with Crippen LogP contribution in [0.5, 0.6) is 0 Å². The van der Waals surface area contributed by atoms with Gasteiger partial charge in [0.1, 0.15) is 5.15 Å². The topological polar surface area (TPSA) is 30.2 Å². The molecule has 3 nitrogen and oxygen atoms in total. The molecule has 0 bridgehead atoms. The Labute approximate surface area is 58.0 Å². The molecule has 1 rings (SSSR count). The van der Waals surface area contributed by atoms with Crippen molar-refractivity contribution in [2.75, 3.05) is 0 Å². The second-order valence-corrected chi connectivity index (χ2v) is 1.99. The zero-order chi connectivity index (χ0) is 6.85. The standard InChI is InChI=1S/C5H6ClN3/c1-7-5-8-3-4(6)9(5)2/h3H,1H2,2H3. The van der Waals surface area contributed by atoms with Crippen LogP contribution in [-0.4, -0.2) is 16.3 Å². The SMILES string of the molecule is C=Nc1ncc(Cl)n1C. The molecule has 0 aliphatic carbocycles. The highest BCUT2D eigenvalue weighted by Gasteiger charge is 1.98. The van der Waals surface area contributed by atoms with E-state index in [4.69, 9.17) is 11.6 Å². The van der Waals surface area contributed by atoms with Gasteiger partial charge in [0.05, 0.1) is 6.20 Å². The number of rotatable bonds is 1. The molecule has 48 valence electrons. The Hall–Kier alpha value is -0.830. The highest BCUT2D eigenvalue weighted by molar-refractivity contribution is 6.29. The highest BCUT2D eigenvalue weighted by Crippen LogP contribution is 2.14. The molecule has 1 aromatic heterocycles. The third kappa shape index (κ3) is 0.954. The number of imidazole rings is 1. The van der Waals surface area contributed by atoms with Crippen LogP contribution in [-0.2, 0) is 7.05 Å². The van der Waals surface area contributed by atoms with Crippen molar-refractivity contribution in [3.8, 4) is 0 Å². The number of aliphatic imine (C=N–C) groups is 1. The van der Waals surface area contributed by atoms with Crippen molar-refractivity contribution in [3.63, 3.8) is 0 Å². The summed E-state index contributed by atoms with van der Waals surface area (Å²) in [5.41, 5.74) is 0. The summed E-state index contributed by atoms with van der Waals surface area (Å²) in [6.45, 7) is 3.31. The minimum absolute atomic E-state index is 0.542. The first kappa shape index (κ1) is 6.29. The van der Waals surface area contributed by atoms with Gasteiger partial charge in [-0.2, -0.15) is 0 Å². The summed E-state index contributed by atoms with van der Waals surface area (Å²) in [4.78, 5) is 7.44. The van der Waals surface area contributed by atoms with E-state index in [1.54, 1.807) is 11.6 Å². The molecule has 0 saturated heterocycles. The van der Waals surface area contributed by atoms with Crippen LogP contribution in [0.4, 0.5) is 5.95 Å². The quantitative estimate of drug-likeness (QED) is 0.547. The molecule has 0 amide bonds. The molecular weight excluding hydrogens is 138 g/mol. The van der Waals surface area contributed by atoms with E-state index in [0.717, 1.165) is 0 Å². The van der Waals surface area contributed by atoms with Crippen LogP contribution in [0, 0.1) is 0 Å². The Morgan fingerprint density at radius 1 is 1.89 bits per heavy atom. The maximum atomic E-state index is 5.62. The van der Waals surface area contributed by atoms with Gasteiger partial charge in [0.2, 0.25) is 5.95 Å². The summed E-state index contributed by atoms with van der Waals surface area (Å²) < 4.78 is 1.65. The van der Waals surface area contributed by atoms with Gasteiger partial charge in [0.15, 0.2) is 0 Å². The van der Waals surface area contributed by atoms with E-state index in [9.17, 15) is 0 Å². The second kappa shape index (κ2) is 2.19. The fourth-order valence-electron chi connectivity index (χ4n) is 0.527. The van der Waals surface area contributed by atoms with E-state index in [-0.39, 0.29) is 0 Å². The van der Waals surface area contributed by atoms with Crippen LogP contribution in [0.25, 0.3) is 0 Å². The number of halogens is 1. The minimum atomic E-state index is 0.542. The van der Waals surface area contributed by atoms with Gasteiger partial charge in [-0.05, 0) is 6.72 Å². The summed E-state index contributed by atoms with van der Waals surface area (Å²) in [6.07, 6.45) is 1.53. The maximum Gasteiger partial charge on any atom is 0.229 e. The van der Waals surface area contributed by atoms with Gasteiger partial charge >= 0.3 is 0 Å². The lowest BCUT2D eigenvalue weighted by molar-refractivity contribution is 0.914. The molecule has 1 heterocycles. The molecule has 0 N–H and O–H groups in total. The summed E-state index contributed by atoms with van der Waals surface area (Å²) in [5.74, 6) is 0.542. The van der Waals surface area contributed by atoms with Crippen LogP contribution in [0.2, 0.25) is 5.15 Å². The Morgan fingerprint density at radius 3 is 2.78 bits per heavy atom. The fourth-order valence-corrected chi connectivity index (χ4v) is 0.651. The molecular formula is C5H6ClN3. The normalized spacial score (nSPS) is 9.56. The zero-order valence-electron chi connectivity index (χ0n) is 5.00. The lowest BCUT2D eigenvalue weighted by Crippen LogP contribution is -1.84. The monoisotopic (exact) mass is 143 g/mol. The van der Waals surface area contributed by atoms with Crippen LogP contribution < -0.4 is 0 Å². The summed E-state index contributed by atoms with van der Waals surface area (Å²) in [6, 6.07) is 0. The molecule has 9 heavy (non-hydrogen) atoms. The van der Waals surface area contributed by atoms with Gasteiger partial charge < -0.3 is 4.57 Å². The second-order valence-electron chi connectivity index (χ2n) is 1.60. The maximum absolute atomic E-state index is 5.62. The molecule has 0 aliphatic rings. The van der Waals surface area contributed by atoms with Gasteiger partial charge in [-0.25, -0.2) is 9.98 Å². The molecule has 0 spiro atoms.